The van der Waals surface area contributed by atoms with E-state index in [4.69, 9.17) is 0 Å². The molecular weight excluding hydrogens is 565 g/mol. The molecule has 7 aromatic rings. The molecule has 0 aliphatic carbocycles. The van der Waals surface area contributed by atoms with Crippen LogP contribution in [0.4, 0.5) is 32.8 Å². The highest BCUT2D eigenvalue weighted by molar-refractivity contribution is 7.20. The summed E-state index contributed by atoms with van der Waals surface area (Å²) < 4.78 is 0. The maximum Gasteiger partial charge on any atom is 0.105 e. The lowest BCUT2D eigenvalue weighted by Gasteiger charge is -2.26. The molecule has 1 aromatic heterocycles. The van der Waals surface area contributed by atoms with Gasteiger partial charge in [0.05, 0.1) is 0 Å². The number of thiophene rings is 1. The number of anilines is 6. The zero-order valence-electron chi connectivity index (χ0n) is 25.5. The zero-order chi connectivity index (χ0) is 30.6. The molecule has 2 nitrogen and oxygen atoms in total. The Hall–Kier alpha value is -5.38. The molecular formula is C42H34N2S. The second kappa shape index (κ2) is 12.7. The topological polar surface area (TPSA) is 6.48 Å². The monoisotopic (exact) mass is 598 g/mol. The van der Waals surface area contributed by atoms with Gasteiger partial charge in [0.15, 0.2) is 0 Å². The zero-order valence-corrected chi connectivity index (χ0v) is 26.3. The number of hydrogen-bond acceptors (Lipinski definition) is 3. The van der Waals surface area contributed by atoms with Crippen LogP contribution in [0.25, 0.3) is 22.3 Å². The van der Waals surface area contributed by atoms with E-state index in [1.54, 1.807) is 0 Å². The van der Waals surface area contributed by atoms with Crippen LogP contribution in [0.2, 0.25) is 0 Å². The summed E-state index contributed by atoms with van der Waals surface area (Å²) in [6.07, 6.45) is 0. The first-order valence-electron chi connectivity index (χ1n) is 15.3. The number of rotatable bonds is 8. The summed E-state index contributed by atoms with van der Waals surface area (Å²) in [6, 6.07) is 60.3. The molecule has 1 heterocycles. The van der Waals surface area contributed by atoms with Crippen LogP contribution in [0.1, 0.15) is 11.1 Å². The Kier molecular flexibility index (Phi) is 8.01. The SMILES string of the molecule is Cc1c(N(c2ccccc2)c2ccc(-c3ccccc3)cc2)sc(N(c2ccccc2)c2ccc(-c3ccccc3)cc2)c1C. The first kappa shape index (κ1) is 28.4. The van der Waals surface area contributed by atoms with Crippen LogP contribution >= 0.6 is 11.3 Å². The van der Waals surface area contributed by atoms with Crippen LogP contribution in [0, 0.1) is 13.8 Å². The molecule has 0 saturated carbocycles. The highest BCUT2D eigenvalue weighted by atomic mass is 32.1. The van der Waals surface area contributed by atoms with Crippen molar-refractivity contribution < 1.29 is 0 Å². The van der Waals surface area contributed by atoms with Crippen molar-refractivity contribution in [1.82, 2.24) is 0 Å². The largest absolute Gasteiger partial charge is 0.302 e. The van der Waals surface area contributed by atoms with Gasteiger partial charge in [-0.05, 0) is 95.8 Å². The summed E-state index contributed by atoms with van der Waals surface area (Å²) >= 11 is 1.83. The molecule has 0 bridgehead atoms. The molecule has 3 heteroatoms. The van der Waals surface area contributed by atoms with Gasteiger partial charge in [0.1, 0.15) is 10.0 Å². The number of nitrogens with zero attached hydrogens (tertiary/aromatic N) is 2. The molecule has 0 radical (unpaired) electrons. The fraction of sp³-hybridized carbons (Fsp3) is 0.0476. The molecule has 0 saturated heterocycles. The van der Waals surface area contributed by atoms with Crippen LogP contribution in [-0.4, -0.2) is 0 Å². The normalized spacial score (nSPS) is 10.9. The van der Waals surface area contributed by atoms with Gasteiger partial charge in [-0.25, -0.2) is 0 Å². The van der Waals surface area contributed by atoms with E-state index in [1.165, 1.54) is 43.4 Å². The second-order valence-electron chi connectivity index (χ2n) is 11.1. The predicted octanol–water partition coefficient (Wildman–Crippen LogP) is 12.6. The molecule has 45 heavy (non-hydrogen) atoms. The van der Waals surface area contributed by atoms with E-state index in [0.29, 0.717) is 0 Å². The Morgan fingerprint density at radius 2 is 0.578 bits per heavy atom. The maximum atomic E-state index is 2.40. The first-order valence-corrected chi connectivity index (χ1v) is 16.1. The van der Waals surface area contributed by atoms with Crippen molar-refractivity contribution in [1.29, 1.82) is 0 Å². The van der Waals surface area contributed by atoms with Crippen molar-refractivity contribution in [2.45, 2.75) is 13.8 Å². The van der Waals surface area contributed by atoms with Crippen molar-refractivity contribution in [3.63, 3.8) is 0 Å². The number of hydrogen-bond donors (Lipinski definition) is 0. The summed E-state index contributed by atoms with van der Waals surface area (Å²) in [7, 11) is 0. The van der Waals surface area contributed by atoms with E-state index < -0.39 is 0 Å². The standard InChI is InChI=1S/C42H34N2S/c1-31-32(2)42(44(38-21-13-6-14-22-38)40-29-25-36(26-30-40)34-17-9-4-10-18-34)45-41(31)43(37-19-11-5-12-20-37)39-27-23-35(24-28-39)33-15-7-3-8-16-33/h3-30H,1-2H3. The van der Waals surface area contributed by atoms with Crippen LogP contribution in [0.3, 0.4) is 0 Å². The molecule has 0 amide bonds. The highest BCUT2D eigenvalue weighted by Crippen LogP contribution is 2.50. The van der Waals surface area contributed by atoms with Crippen molar-refractivity contribution in [3.05, 3.63) is 181 Å². The predicted molar refractivity (Wildman–Crippen MR) is 194 cm³/mol. The molecule has 0 spiro atoms. The van der Waals surface area contributed by atoms with E-state index in [1.807, 2.05) is 11.3 Å². The van der Waals surface area contributed by atoms with Gasteiger partial charge >= 0.3 is 0 Å². The molecule has 0 aliphatic rings. The number of benzene rings is 6. The van der Waals surface area contributed by atoms with Crippen molar-refractivity contribution in [2.75, 3.05) is 9.80 Å². The van der Waals surface area contributed by atoms with Crippen molar-refractivity contribution >= 4 is 44.1 Å². The van der Waals surface area contributed by atoms with E-state index in [0.717, 1.165) is 22.7 Å². The van der Waals surface area contributed by atoms with Gasteiger partial charge in [0.25, 0.3) is 0 Å². The maximum absolute atomic E-state index is 2.40. The lowest BCUT2D eigenvalue weighted by molar-refractivity contribution is 1.25. The summed E-state index contributed by atoms with van der Waals surface area (Å²) in [5.41, 5.74) is 11.9. The molecule has 0 fully saturated rings. The Morgan fingerprint density at radius 3 is 0.911 bits per heavy atom. The number of para-hydroxylation sites is 2. The fourth-order valence-corrected chi connectivity index (χ4v) is 7.18. The molecule has 6 aromatic carbocycles. The van der Waals surface area contributed by atoms with Gasteiger partial charge in [-0.3, -0.25) is 0 Å². The summed E-state index contributed by atoms with van der Waals surface area (Å²) in [5.74, 6) is 0. The minimum absolute atomic E-state index is 1.13. The summed E-state index contributed by atoms with van der Waals surface area (Å²) in [5, 5.41) is 2.42. The lowest BCUT2D eigenvalue weighted by Crippen LogP contribution is -2.09. The average molecular weight is 599 g/mol. The summed E-state index contributed by atoms with van der Waals surface area (Å²) in [4.78, 5) is 4.79. The van der Waals surface area contributed by atoms with Gasteiger partial charge in [-0.1, -0.05) is 133 Å². The first-order chi connectivity index (χ1) is 22.2. The van der Waals surface area contributed by atoms with Crippen LogP contribution < -0.4 is 9.80 Å². The quantitative estimate of drug-likeness (QED) is 0.172. The van der Waals surface area contributed by atoms with E-state index >= 15 is 0 Å². The Labute approximate surface area is 270 Å². The molecule has 0 unspecified atom stereocenters. The third-order valence-corrected chi connectivity index (χ3v) is 9.66. The third kappa shape index (κ3) is 5.78. The molecule has 0 atom stereocenters. The van der Waals surface area contributed by atoms with Crippen molar-refractivity contribution in [2.24, 2.45) is 0 Å². The van der Waals surface area contributed by atoms with Gasteiger partial charge in [-0.2, -0.15) is 0 Å². The second-order valence-corrected chi connectivity index (χ2v) is 12.1. The van der Waals surface area contributed by atoms with Gasteiger partial charge in [-0.15, -0.1) is 0 Å². The van der Waals surface area contributed by atoms with E-state index in [9.17, 15) is 0 Å². The van der Waals surface area contributed by atoms with E-state index in [2.05, 4.69) is 194 Å². The average Bonchev–Trinajstić information content (AvgIpc) is 3.40. The van der Waals surface area contributed by atoms with Crippen LogP contribution in [-0.2, 0) is 0 Å². The fourth-order valence-electron chi connectivity index (χ4n) is 5.78. The van der Waals surface area contributed by atoms with Crippen molar-refractivity contribution in [3.8, 4) is 22.3 Å². The van der Waals surface area contributed by atoms with Gasteiger partial charge in [0.2, 0.25) is 0 Å². The third-order valence-electron chi connectivity index (χ3n) is 8.30. The minimum Gasteiger partial charge on any atom is -0.302 e. The Morgan fingerprint density at radius 1 is 0.311 bits per heavy atom. The molecule has 0 N–H and O–H groups in total. The van der Waals surface area contributed by atoms with Gasteiger partial charge in [0, 0.05) is 22.7 Å². The van der Waals surface area contributed by atoms with Crippen LogP contribution in [0.5, 0.6) is 0 Å². The minimum atomic E-state index is 1.13. The Balaban J connectivity index is 1.33. The molecule has 218 valence electrons. The lowest BCUT2D eigenvalue weighted by atomic mass is 10.0. The van der Waals surface area contributed by atoms with Gasteiger partial charge < -0.3 is 9.80 Å². The molecule has 0 aliphatic heterocycles. The highest BCUT2D eigenvalue weighted by Gasteiger charge is 2.25. The smallest absolute Gasteiger partial charge is 0.105 e. The molecule has 7 rings (SSSR count). The van der Waals surface area contributed by atoms with E-state index in [-0.39, 0.29) is 0 Å². The van der Waals surface area contributed by atoms with Crippen LogP contribution in [0.15, 0.2) is 170 Å². The summed E-state index contributed by atoms with van der Waals surface area (Å²) in [6.45, 7) is 4.50. The Bertz CT molecular complexity index is 1840.